The summed E-state index contributed by atoms with van der Waals surface area (Å²) in [7, 11) is -3.15. The lowest BCUT2D eigenvalue weighted by molar-refractivity contribution is 0.352. The number of hydrogen-bond acceptors (Lipinski definition) is 8. The number of sulfone groups is 1. The molecule has 1 atom stereocenters. The van der Waals surface area contributed by atoms with E-state index in [9.17, 15) is 18.0 Å². The van der Waals surface area contributed by atoms with Crippen LogP contribution in [-0.2, 0) is 9.84 Å². The van der Waals surface area contributed by atoms with Gasteiger partial charge in [-0.3, -0.25) is 9.78 Å². The lowest BCUT2D eigenvalue weighted by Gasteiger charge is -2.04. The Kier molecular flexibility index (Phi) is 4.04. The second-order valence-electron chi connectivity index (χ2n) is 4.47. The minimum Gasteiger partial charge on any atom is -0.337 e. The average Bonchev–Trinajstić information content (AvgIpc) is 2.84. The molecule has 2 heterocycles. The summed E-state index contributed by atoms with van der Waals surface area (Å²) < 4.78 is 27.0. The maximum absolute atomic E-state index is 11.6. The highest BCUT2D eigenvalue weighted by molar-refractivity contribution is 7.90. The van der Waals surface area contributed by atoms with Crippen LogP contribution in [0.2, 0.25) is 0 Å². The van der Waals surface area contributed by atoms with Crippen molar-refractivity contribution in [1.29, 1.82) is 0 Å². The van der Waals surface area contributed by atoms with Crippen LogP contribution in [-0.4, -0.2) is 40.5 Å². The number of nitrogens with two attached hydrogens (primary N) is 1. The summed E-state index contributed by atoms with van der Waals surface area (Å²) >= 11 is 0. The van der Waals surface area contributed by atoms with Gasteiger partial charge in [0.1, 0.15) is 15.4 Å². The van der Waals surface area contributed by atoms with Crippen LogP contribution in [0.4, 0.5) is 0 Å². The highest BCUT2D eigenvalue weighted by Crippen LogP contribution is 2.16. The zero-order valence-electron chi connectivity index (χ0n) is 11.0. The first kappa shape index (κ1) is 15.1. The van der Waals surface area contributed by atoms with E-state index in [1.165, 1.54) is 0 Å². The van der Waals surface area contributed by atoms with E-state index >= 15 is 0 Å². The number of H-pyrrole nitrogens is 2. The van der Waals surface area contributed by atoms with Crippen LogP contribution in [0, 0.1) is 0 Å². The molecule has 0 radical (unpaired) electrons. The summed E-state index contributed by atoms with van der Waals surface area (Å²) in [6.45, 7) is 0. The Bertz CT molecular complexity index is 849. The van der Waals surface area contributed by atoms with Crippen LogP contribution < -0.4 is 17.0 Å². The maximum Gasteiger partial charge on any atom is 0.325 e. The van der Waals surface area contributed by atoms with Crippen LogP contribution in [0.5, 0.6) is 0 Å². The van der Waals surface area contributed by atoms with Gasteiger partial charge in [0, 0.05) is 12.5 Å². The zero-order chi connectivity index (χ0) is 15.6. The van der Waals surface area contributed by atoms with Crippen molar-refractivity contribution in [3.8, 4) is 11.4 Å². The number of nitrogens with one attached hydrogen (secondary N) is 2. The molecule has 0 aliphatic heterocycles. The molecule has 0 saturated carbocycles. The van der Waals surface area contributed by atoms with Gasteiger partial charge in [0.2, 0.25) is 11.7 Å². The number of aromatic nitrogens is 4. The molecule has 2 aromatic heterocycles. The van der Waals surface area contributed by atoms with Gasteiger partial charge in [-0.05, 0) is 6.42 Å². The molecule has 0 aliphatic rings. The SMILES string of the molecule is CS(=O)(=O)CC[C@@H](N)c1nc(-c2c[nH]c(=O)[nH]c2=O)no1. The summed E-state index contributed by atoms with van der Waals surface area (Å²) in [5.74, 6) is -0.151. The Morgan fingerprint density at radius 3 is 2.76 bits per heavy atom. The molecule has 0 fully saturated rings. The highest BCUT2D eigenvalue weighted by Gasteiger charge is 2.19. The van der Waals surface area contributed by atoms with Crippen LogP contribution in [0.1, 0.15) is 18.4 Å². The van der Waals surface area contributed by atoms with E-state index in [4.69, 9.17) is 10.3 Å². The van der Waals surface area contributed by atoms with Crippen LogP contribution in [0.15, 0.2) is 20.3 Å². The Labute approximate surface area is 118 Å². The van der Waals surface area contributed by atoms with E-state index in [2.05, 4.69) is 15.1 Å². The van der Waals surface area contributed by atoms with Gasteiger partial charge in [0.15, 0.2) is 0 Å². The average molecular weight is 315 g/mol. The molecule has 11 heteroatoms. The Hall–Kier alpha value is -2.27. The van der Waals surface area contributed by atoms with Gasteiger partial charge in [0.25, 0.3) is 5.56 Å². The molecule has 4 N–H and O–H groups in total. The molecule has 0 bridgehead atoms. The fourth-order valence-corrected chi connectivity index (χ4v) is 2.22. The fourth-order valence-electron chi connectivity index (χ4n) is 1.54. The molecule has 0 spiro atoms. The smallest absolute Gasteiger partial charge is 0.325 e. The lowest BCUT2D eigenvalue weighted by atomic mass is 10.2. The topological polar surface area (TPSA) is 165 Å². The monoisotopic (exact) mass is 315 g/mol. The third-order valence-electron chi connectivity index (χ3n) is 2.62. The van der Waals surface area contributed by atoms with Crippen LogP contribution >= 0.6 is 0 Å². The van der Waals surface area contributed by atoms with E-state index < -0.39 is 27.1 Å². The second kappa shape index (κ2) is 5.61. The third-order valence-corrected chi connectivity index (χ3v) is 3.60. The predicted octanol–water partition coefficient (Wildman–Crippen LogP) is -1.45. The van der Waals surface area contributed by atoms with Crippen LogP contribution in [0.25, 0.3) is 11.4 Å². The van der Waals surface area contributed by atoms with Gasteiger partial charge in [-0.15, -0.1) is 0 Å². The van der Waals surface area contributed by atoms with Crippen molar-refractivity contribution in [3.05, 3.63) is 32.9 Å². The van der Waals surface area contributed by atoms with Gasteiger partial charge >= 0.3 is 5.69 Å². The molecule has 0 aromatic carbocycles. The van der Waals surface area contributed by atoms with E-state index in [0.29, 0.717) is 0 Å². The van der Waals surface area contributed by atoms with Crippen molar-refractivity contribution in [3.63, 3.8) is 0 Å². The predicted molar refractivity (Wildman–Crippen MR) is 72.2 cm³/mol. The van der Waals surface area contributed by atoms with Gasteiger partial charge < -0.3 is 15.2 Å². The summed E-state index contributed by atoms with van der Waals surface area (Å²) in [4.78, 5) is 30.7. The largest absolute Gasteiger partial charge is 0.337 e. The number of rotatable bonds is 5. The fraction of sp³-hybridized carbons (Fsp3) is 0.400. The van der Waals surface area contributed by atoms with Crippen molar-refractivity contribution in [2.45, 2.75) is 12.5 Å². The number of hydrogen-bond donors (Lipinski definition) is 3. The van der Waals surface area contributed by atoms with Crippen molar-refractivity contribution in [2.24, 2.45) is 5.73 Å². The maximum atomic E-state index is 11.6. The summed E-state index contributed by atoms with van der Waals surface area (Å²) in [5, 5.41) is 3.58. The molecule has 10 nitrogen and oxygen atoms in total. The van der Waals surface area contributed by atoms with E-state index in [-0.39, 0.29) is 29.5 Å². The first-order valence-electron chi connectivity index (χ1n) is 5.85. The molecular formula is C10H13N5O5S. The molecular weight excluding hydrogens is 302 g/mol. The lowest BCUT2D eigenvalue weighted by Crippen LogP contribution is -2.22. The Balaban J connectivity index is 2.21. The van der Waals surface area contributed by atoms with Crippen molar-refractivity contribution in [1.82, 2.24) is 20.1 Å². The van der Waals surface area contributed by atoms with Crippen molar-refractivity contribution >= 4 is 9.84 Å². The van der Waals surface area contributed by atoms with Gasteiger partial charge in [0.05, 0.1) is 11.8 Å². The van der Waals surface area contributed by atoms with Crippen molar-refractivity contribution in [2.75, 3.05) is 12.0 Å². The minimum atomic E-state index is -3.15. The summed E-state index contributed by atoms with van der Waals surface area (Å²) in [6, 6.07) is -0.761. The molecule has 0 saturated heterocycles. The van der Waals surface area contributed by atoms with E-state index in [0.717, 1.165) is 12.5 Å². The first-order chi connectivity index (χ1) is 9.76. The molecule has 0 unspecified atom stereocenters. The normalized spacial score (nSPS) is 13.2. The Morgan fingerprint density at radius 1 is 1.43 bits per heavy atom. The zero-order valence-corrected chi connectivity index (χ0v) is 11.8. The van der Waals surface area contributed by atoms with Gasteiger partial charge in [-0.2, -0.15) is 4.98 Å². The first-order valence-corrected chi connectivity index (χ1v) is 7.91. The molecule has 21 heavy (non-hydrogen) atoms. The molecule has 2 rings (SSSR count). The Morgan fingerprint density at radius 2 is 2.14 bits per heavy atom. The van der Waals surface area contributed by atoms with Crippen molar-refractivity contribution < 1.29 is 12.9 Å². The van der Waals surface area contributed by atoms with E-state index in [1.54, 1.807) is 0 Å². The quantitative estimate of drug-likeness (QED) is 0.602. The number of aromatic amines is 2. The molecule has 2 aromatic rings. The minimum absolute atomic E-state index is 0.0132. The van der Waals surface area contributed by atoms with Gasteiger partial charge in [-0.1, -0.05) is 5.16 Å². The standard InChI is InChI=1S/C10H13N5O5S/c1-21(18,19)3-2-6(11)9-13-7(15-20-9)5-4-12-10(17)14-8(5)16/h4,6H,2-3,11H2,1H3,(H2,12,14,16,17)/t6-/m1/s1. The second-order valence-corrected chi connectivity index (χ2v) is 6.73. The number of nitrogens with zero attached hydrogens (tertiary/aromatic N) is 2. The van der Waals surface area contributed by atoms with Gasteiger partial charge in [-0.25, -0.2) is 13.2 Å². The highest BCUT2D eigenvalue weighted by atomic mass is 32.2. The summed E-state index contributed by atoms with van der Waals surface area (Å²) in [6.07, 6.45) is 2.36. The van der Waals surface area contributed by atoms with E-state index in [1.807, 2.05) is 4.98 Å². The molecule has 0 amide bonds. The molecule has 114 valence electrons. The third kappa shape index (κ3) is 3.86. The molecule has 0 aliphatic carbocycles. The summed E-state index contributed by atoms with van der Waals surface area (Å²) in [5.41, 5.74) is 4.44. The van der Waals surface area contributed by atoms with Crippen LogP contribution in [0.3, 0.4) is 0 Å².